The second-order valence-corrected chi connectivity index (χ2v) is 7.60. The molecule has 1 atom stereocenters. The van der Waals surface area contributed by atoms with Crippen LogP contribution in [-0.4, -0.2) is 21.1 Å². The van der Waals surface area contributed by atoms with Crippen LogP contribution in [0.5, 0.6) is 0 Å². The molecule has 3 rings (SSSR count). The van der Waals surface area contributed by atoms with E-state index in [2.05, 4.69) is 29.0 Å². The summed E-state index contributed by atoms with van der Waals surface area (Å²) in [5.41, 5.74) is 8.19. The molecule has 7 heteroatoms. The van der Waals surface area contributed by atoms with Gasteiger partial charge in [-0.1, -0.05) is 43.0 Å². The lowest BCUT2D eigenvalue weighted by Gasteiger charge is -2.06. The van der Waals surface area contributed by atoms with Crippen molar-refractivity contribution in [2.45, 2.75) is 30.7 Å². The number of hydrogen-bond donors (Lipinski definition) is 2. The lowest BCUT2D eigenvalue weighted by Crippen LogP contribution is -2.23. The van der Waals surface area contributed by atoms with Gasteiger partial charge in [0.25, 0.3) is 5.56 Å². The van der Waals surface area contributed by atoms with Gasteiger partial charge in [-0.2, -0.15) is 0 Å². The number of thiophene rings is 1. The fraction of sp³-hybridized carbons (Fsp3) is 0.235. The van der Waals surface area contributed by atoms with Crippen LogP contribution in [0.3, 0.4) is 0 Å². The molecule has 2 heterocycles. The van der Waals surface area contributed by atoms with E-state index < -0.39 is 11.2 Å². The summed E-state index contributed by atoms with van der Waals surface area (Å²) in [6.07, 6.45) is 0.978. The SMILES string of the molecule is CCc1ccc(-c2csc3nc(SC(C)C(N)=O)[nH]c(=O)c23)cc1. The number of nitrogens with two attached hydrogens (primary N) is 1. The highest BCUT2D eigenvalue weighted by molar-refractivity contribution is 8.00. The minimum Gasteiger partial charge on any atom is -0.369 e. The number of thioether (sulfide) groups is 1. The van der Waals surface area contributed by atoms with Crippen molar-refractivity contribution >= 4 is 39.2 Å². The molecular formula is C17H17N3O2S2. The van der Waals surface area contributed by atoms with Gasteiger partial charge in [-0.05, 0) is 24.5 Å². The van der Waals surface area contributed by atoms with Gasteiger partial charge in [0.1, 0.15) is 4.83 Å². The maximum atomic E-state index is 12.5. The molecule has 2 aromatic heterocycles. The number of aromatic nitrogens is 2. The number of hydrogen-bond acceptors (Lipinski definition) is 5. The first-order valence-electron chi connectivity index (χ1n) is 7.56. The summed E-state index contributed by atoms with van der Waals surface area (Å²) in [5, 5.41) is 2.49. The minimum absolute atomic E-state index is 0.199. The number of aromatic amines is 1. The Morgan fingerprint density at radius 3 is 2.71 bits per heavy atom. The topological polar surface area (TPSA) is 88.8 Å². The van der Waals surface area contributed by atoms with Crippen LogP contribution in [-0.2, 0) is 11.2 Å². The molecule has 0 aliphatic rings. The number of aryl methyl sites for hydroxylation is 1. The van der Waals surface area contributed by atoms with E-state index in [0.29, 0.717) is 15.4 Å². The Balaban J connectivity index is 2.03. The quantitative estimate of drug-likeness (QED) is 0.541. The Kier molecular flexibility index (Phi) is 4.73. The second-order valence-electron chi connectivity index (χ2n) is 5.41. The van der Waals surface area contributed by atoms with Crippen molar-refractivity contribution in [3.8, 4) is 11.1 Å². The summed E-state index contributed by atoms with van der Waals surface area (Å²) in [6.45, 7) is 3.79. The van der Waals surface area contributed by atoms with Gasteiger partial charge in [-0.25, -0.2) is 4.98 Å². The molecule has 0 aliphatic heterocycles. The van der Waals surface area contributed by atoms with Gasteiger partial charge in [0, 0.05) is 10.9 Å². The Bertz CT molecular complexity index is 945. The summed E-state index contributed by atoms with van der Waals surface area (Å²) in [5.74, 6) is -0.439. The maximum Gasteiger partial charge on any atom is 0.260 e. The monoisotopic (exact) mass is 359 g/mol. The first-order valence-corrected chi connectivity index (χ1v) is 9.32. The van der Waals surface area contributed by atoms with E-state index in [4.69, 9.17) is 5.73 Å². The van der Waals surface area contributed by atoms with Crippen LogP contribution in [0.2, 0.25) is 0 Å². The zero-order chi connectivity index (χ0) is 17.3. The van der Waals surface area contributed by atoms with Gasteiger partial charge in [-0.15, -0.1) is 11.3 Å². The van der Waals surface area contributed by atoms with E-state index in [1.54, 1.807) is 6.92 Å². The van der Waals surface area contributed by atoms with E-state index in [0.717, 1.165) is 29.3 Å². The number of carbonyl (C=O) groups excluding carboxylic acids is 1. The molecule has 1 unspecified atom stereocenters. The predicted octanol–water partition coefficient (Wildman–Crippen LogP) is 3.18. The number of nitrogens with zero attached hydrogens (tertiary/aromatic N) is 1. The van der Waals surface area contributed by atoms with E-state index in [-0.39, 0.29) is 5.56 Å². The third-order valence-electron chi connectivity index (χ3n) is 3.78. The average molecular weight is 359 g/mol. The summed E-state index contributed by atoms with van der Waals surface area (Å²) < 4.78 is 0. The van der Waals surface area contributed by atoms with Crippen molar-refractivity contribution in [3.63, 3.8) is 0 Å². The van der Waals surface area contributed by atoms with Crippen molar-refractivity contribution < 1.29 is 4.79 Å². The highest BCUT2D eigenvalue weighted by Crippen LogP contribution is 2.32. The third kappa shape index (κ3) is 3.22. The van der Waals surface area contributed by atoms with E-state index in [1.165, 1.54) is 16.9 Å². The molecule has 124 valence electrons. The number of benzene rings is 1. The van der Waals surface area contributed by atoms with Crippen LogP contribution in [0.1, 0.15) is 19.4 Å². The number of primary amides is 1. The van der Waals surface area contributed by atoms with Crippen molar-refractivity contribution in [2.75, 3.05) is 0 Å². The van der Waals surface area contributed by atoms with Crippen molar-refractivity contribution in [1.82, 2.24) is 9.97 Å². The molecule has 3 N–H and O–H groups in total. The molecule has 1 aromatic carbocycles. The summed E-state index contributed by atoms with van der Waals surface area (Å²) in [4.78, 5) is 31.6. The molecule has 0 bridgehead atoms. The minimum atomic E-state index is -0.452. The van der Waals surface area contributed by atoms with E-state index in [9.17, 15) is 9.59 Å². The average Bonchev–Trinajstić information content (AvgIpc) is 2.99. The van der Waals surface area contributed by atoms with Gasteiger partial charge in [0.2, 0.25) is 5.91 Å². The Labute approximate surface area is 147 Å². The number of nitrogens with one attached hydrogen (secondary N) is 1. The van der Waals surface area contributed by atoms with Crippen LogP contribution in [0.4, 0.5) is 0 Å². The number of rotatable bonds is 5. The Hall–Kier alpha value is -2.12. The molecule has 0 saturated carbocycles. The summed E-state index contributed by atoms with van der Waals surface area (Å²) >= 11 is 2.58. The molecule has 24 heavy (non-hydrogen) atoms. The first-order chi connectivity index (χ1) is 11.5. The molecule has 3 aromatic rings. The predicted molar refractivity (Wildman–Crippen MR) is 99.6 cm³/mol. The van der Waals surface area contributed by atoms with E-state index in [1.807, 2.05) is 17.5 Å². The number of carbonyl (C=O) groups is 1. The number of amides is 1. The normalized spacial score (nSPS) is 12.4. The van der Waals surface area contributed by atoms with Gasteiger partial charge < -0.3 is 10.7 Å². The molecular weight excluding hydrogens is 342 g/mol. The van der Waals surface area contributed by atoms with Gasteiger partial charge in [0.05, 0.1) is 10.6 Å². The van der Waals surface area contributed by atoms with Crippen LogP contribution >= 0.6 is 23.1 Å². The van der Waals surface area contributed by atoms with Gasteiger partial charge in [-0.3, -0.25) is 9.59 Å². The molecule has 0 spiro atoms. The molecule has 0 radical (unpaired) electrons. The number of H-pyrrole nitrogens is 1. The van der Waals surface area contributed by atoms with Crippen molar-refractivity contribution in [3.05, 3.63) is 45.6 Å². The van der Waals surface area contributed by atoms with Crippen LogP contribution < -0.4 is 11.3 Å². The first kappa shape index (κ1) is 16.7. The van der Waals surface area contributed by atoms with Gasteiger partial charge in [0.15, 0.2) is 5.16 Å². The Morgan fingerprint density at radius 1 is 1.38 bits per heavy atom. The van der Waals surface area contributed by atoms with Crippen LogP contribution in [0.25, 0.3) is 21.3 Å². The van der Waals surface area contributed by atoms with Crippen molar-refractivity contribution in [1.29, 1.82) is 0 Å². The molecule has 0 fully saturated rings. The highest BCUT2D eigenvalue weighted by Gasteiger charge is 2.16. The smallest absolute Gasteiger partial charge is 0.260 e. The summed E-state index contributed by atoms with van der Waals surface area (Å²) in [7, 11) is 0. The molecule has 0 aliphatic carbocycles. The van der Waals surface area contributed by atoms with Crippen LogP contribution in [0.15, 0.2) is 39.6 Å². The second kappa shape index (κ2) is 6.78. The largest absolute Gasteiger partial charge is 0.369 e. The Morgan fingerprint density at radius 2 is 2.08 bits per heavy atom. The zero-order valence-electron chi connectivity index (χ0n) is 13.3. The summed E-state index contributed by atoms with van der Waals surface area (Å²) in [6, 6.07) is 8.19. The lowest BCUT2D eigenvalue weighted by atomic mass is 10.0. The molecule has 5 nitrogen and oxygen atoms in total. The van der Waals surface area contributed by atoms with Crippen molar-refractivity contribution in [2.24, 2.45) is 5.73 Å². The van der Waals surface area contributed by atoms with Gasteiger partial charge >= 0.3 is 0 Å². The molecule has 1 amide bonds. The standard InChI is InChI=1S/C17H17N3O2S2/c1-3-10-4-6-11(7-5-10)12-8-23-16-13(12)15(22)19-17(20-16)24-9(2)14(18)21/h4-9H,3H2,1-2H3,(H2,18,21)(H,19,20,22). The lowest BCUT2D eigenvalue weighted by molar-refractivity contribution is -0.117. The maximum absolute atomic E-state index is 12.5. The zero-order valence-corrected chi connectivity index (χ0v) is 15.0. The highest BCUT2D eigenvalue weighted by atomic mass is 32.2. The van der Waals surface area contributed by atoms with Crippen LogP contribution in [0, 0.1) is 0 Å². The molecule has 0 saturated heterocycles. The van der Waals surface area contributed by atoms with E-state index >= 15 is 0 Å². The number of fused-ring (bicyclic) bond motifs is 1. The fourth-order valence-corrected chi connectivity index (χ4v) is 4.10. The third-order valence-corrected chi connectivity index (χ3v) is 5.66. The fourth-order valence-electron chi connectivity index (χ4n) is 2.34.